The molecule has 21 heavy (non-hydrogen) atoms. The third-order valence-electron chi connectivity index (χ3n) is 3.67. The summed E-state index contributed by atoms with van der Waals surface area (Å²) in [6.07, 6.45) is -4.42. The Kier molecular flexibility index (Phi) is 5.18. The molecule has 0 bridgehead atoms. The van der Waals surface area contributed by atoms with Crippen molar-refractivity contribution in [1.29, 1.82) is 0 Å². The summed E-state index contributed by atoms with van der Waals surface area (Å²) in [5.74, 6) is -0.908. The van der Waals surface area contributed by atoms with Gasteiger partial charge >= 0.3 is 6.18 Å². The zero-order valence-corrected chi connectivity index (χ0v) is 11.5. The van der Waals surface area contributed by atoms with Crippen LogP contribution in [-0.2, 0) is 6.18 Å². The zero-order valence-electron chi connectivity index (χ0n) is 11.5. The second-order valence-electron chi connectivity index (χ2n) is 5.04. The summed E-state index contributed by atoms with van der Waals surface area (Å²) >= 11 is 0. The number of halogens is 4. The fraction of sp³-hybridized carbons (Fsp3) is 0.571. The summed E-state index contributed by atoms with van der Waals surface area (Å²) in [4.78, 5) is 1.90. The minimum Gasteiger partial charge on any atom is -0.396 e. The topological polar surface area (TPSA) is 35.5 Å². The maximum absolute atomic E-state index is 13.2. The molecule has 0 aliphatic carbocycles. The van der Waals surface area contributed by atoms with Gasteiger partial charge in [0.1, 0.15) is 5.82 Å². The summed E-state index contributed by atoms with van der Waals surface area (Å²) in [5, 5.41) is 12.3. The lowest BCUT2D eigenvalue weighted by Gasteiger charge is -2.36. The van der Waals surface area contributed by atoms with Crippen LogP contribution in [0.4, 0.5) is 17.6 Å². The van der Waals surface area contributed by atoms with Gasteiger partial charge in [-0.2, -0.15) is 13.2 Å². The molecule has 1 fully saturated rings. The first kappa shape index (κ1) is 16.2. The van der Waals surface area contributed by atoms with Crippen LogP contribution >= 0.6 is 0 Å². The van der Waals surface area contributed by atoms with Crippen LogP contribution in [0, 0.1) is 5.82 Å². The average molecular weight is 306 g/mol. The van der Waals surface area contributed by atoms with Gasteiger partial charge in [0.2, 0.25) is 0 Å². The van der Waals surface area contributed by atoms with Crippen LogP contribution in [0.3, 0.4) is 0 Å². The number of nitrogens with one attached hydrogen (secondary N) is 1. The Labute approximate surface area is 120 Å². The summed E-state index contributed by atoms with van der Waals surface area (Å²) in [6, 6.07) is 2.19. The van der Waals surface area contributed by atoms with Gasteiger partial charge in [0.05, 0.1) is 5.56 Å². The van der Waals surface area contributed by atoms with E-state index in [2.05, 4.69) is 5.32 Å². The number of benzene rings is 1. The number of piperazine rings is 1. The summed E-state index contributed by atoms with van der Waals surface area (Å²) in [7, 11) is 0. The molecule has 1 saturated heterocycles. The molecule has 1 atom stereocenters. The minimum absolute atomic E-state index is 0.0276. The van der Waals surface area contributed by atoms with Crippen molar-refractivity contribution >= 4 is 0 Å². The van der Waals surface area contributed by atoms with Crippen molar-refractivity contribution in [3.05, 3.63) is 35.1 Å². The molecular weight excluding hydrogens is 288 g/mol. The molecule has 1 aliphatic rings. The first-order valence-electron chi connectivity index (χ1n) is 6.85. The van der Waals surface area contributed by atoms with E-state index < -0.39 is 23.6 Å². The molecule has 0 saturated carbocycles. The summed E-state index contributed by atoms with van der Waals surface area (Å²) in [6.45, 7) is 2.34. The maximum Gasteiger partial charge on any atom is 0.416 e. The van der Waals surface area contributed by atoms with E-state index >= 15 is 0 Å². The highest BCUT2D eigenvalue weighted by Gasteiger charge is 2.37. The molecule has 1 heterocycles. The van der Waals surface area contributed by atoms with Crippen molar-refractivity contribution in [1.82, 2.24) is 10.2 Å². The van der Waals surface area contributed by atoms with Crippen LogP contribution in [0.1, 0.15) is 23.6 Å². The molecule has 118 valence electrons. The number of aliphatic hydroxyl groups is 1. The Bertz CT molecular complexity index is 473. The number of hydrogen-bond donors (Lipinski definition) is 2. The van der Waals surface area contributed by atoms with Gasteiger partial charge in [-0.3, -0.25) is 4.90 Å². The summed E-state index contributed by atoms with van der Waals surface area (Å²) in [5.41, 5.74) is -0.931. The van der Waals surface area contributed by atoms with Gasteiger partial charge in [0, 0.05) is 38.8 Å². The lowest BCUT2D eigenvalue weighted by molar-refractivity contribution is -0.139. The highest BCUT2D eigenvalue weighted by Crippen LogP contribution is 2.38. The molecule has 0 spiro atoms. The quantitative estimate of drug-likeness (QED) is 0.837. The molecule has 1 aromatic carbocycles. The molecule has 0 unspecified atom stereocenters. The number of hydrogen-bond acceptors (Lipinski definition) is 3. The first-order valence-corrected chi connectivity index (χ1v) is 6.85. The normalized spacial score (nSPS) is 18.7. The van der Waals surface area contributed by atoms with Crippen LogP contribution in [0.2, 0.25) is 0 Å². The van der Waals surface area contributed by atoms with E-state index in [4.69, 9.17) is 0 Å². The van der Waals surface area contributed by atoms with Gasteiger partial charge in [-0.15, -0.1) is 0 Å². The van der Waals surface area contributed by atoms with E-state index in [9.17, 15) is 22.7 Å². The number of alkyl halides is 3. The van der Waals surface area contributed by atoms with Gasteiger partial charge in [-0.05, 0) is 24.1 Å². The van der Waals surface area contributed by atoms with E-state index in [1.54, 1.807) is 0 Å². The molecule has 1 aliphatic heterocycles. The van der Waals surface area contributed by atoms with Crippen LogP contribution in [0.15, 0.2) is 18.2 Å². The van der Waals surface area contributed by atoms with Crippen LogP contribution in [-0.4, -0.2) is 42.8 Å². The van der Waals surface area contributed by atoms with Gasteiger partial charge < -0.3 is 10.4 Å². The first-order chi connectivity index (χ1) is 9.93. The Morgan fingerprint density at radius 1 is 1.24 bits per heavy atom. The van der Waals surface area contributed by atoms with Crippen LogP contribution in [0.25, 0.3) is 0 Å². The molecule has 0 aromatic heterocycles. The van der Waals surface area contributed by atoms with Crippen LogP contribution in [0.5, 0.6) is 0 Å². The van der Waals surface area contributed by atoms with Gasteiger partial charge in [-0.1, -0.05) is 6.07 Å². The van der Waals surface area contributed by atoms with Crippen molar-refractivity contribution in [2.75, 3.05) is 32.8 Å². The van der Waals surface area contributed by atoms with E-state index in [-0.39, 0.29) is 18.6 Å². The monoisotopic (exact) mass is 306 g/mol. The number of nitrogens with zero attached hydrogens (tertiary/aromatic N) is 1. The molecule has 0 amide bonds. The van der Waals surface area contributed by atoms with Gasteiger partial charge in [-0.25, -0.2) is 4.39 Å². The number of aliphatic hydroxyl groups excluding tert-OH is 1. The Morgan fingerprint density at radius 2 is 1.90 bits per heavy atom. The van der Waals surface area contributed by atoms with E-state index in [0.29, 0.717) is 32.2 Å². The molecule has 2 rings (SSSR count). The van der Waals surface area contributed by atoms with E-state index in [1.807, 2.05) is 4.90 Å². The maximum atomic E-state index is 13.2. The van der Waals surface area contributed by atoms with Crippen molar-refractivity contribution in [2.45, 2.75) is 18.6 Å². The summed E-state index contributed by atoms with van der Waals surface area (Å²) < 4.78 is 52.6. The van der Waals surface area contributed by atoms with E-state index in [1.165, 1.54) is 6.07 Å². The Hall–Kier alpha value is -1.18. The SMILES string of the molecule is OCC[C@@H](c1ccc(F)cc1C(F)(F)F)N1CCNCC1. The predicted molar refractivity (Wildman–Crippen MR) is 70.3 cm³/mol. The largest absolute Gasteiger partial charge is 0.416 e. The molecule has 0 radical (unpaired) electrons. The second-order valence-corrected chi connectivity index (χ2v) is 5.04. The van der Waals surface area contributed by atoms with Gasteiger partial charge in [0.15, 0.2) is 0 Å². The van der Waals surface area contributed by atoms with Crippen LogP contribution < -0.4 is 5.32 Å². The lowest BCUT2D eigenvalue weighted by atomic mass is 9.95. The molecule has 7 heteroatoms. The molecule has 1 aromatic rings. The third kappa shape index (κ3) is 3.93. The lowest BCUT2D eigenvalue weighted by Crippen LogP contribution is -2.45. The highest BCUT2D eigenvalue weighted by atomic mass is 19.4. The van der Waals surface area contributed by atoms with Crippen molar-refractivity contribution < 1.29 is 22.7 Å². The van der Waals surface area contributed by atoms with E-state index in [0.717, 1.165) is 6.07 Å². The highest BCUT2D eigenvalue weighted by molar-refractivity contribution is 5.33. The standard InChI is InChI=1S/C14H18F4N2O/c15-10-1-2-11(12(9-10)14(16,17)18)13(3-8-21)20-6-4-19-5-7-20/h1-2,9,13,19,21H,3-8H2/t13-/m0/s1. The van der Waals surface area contributed by atoms with Crippen molar-refractivity contribution in [2.24, 2.45) is 0 Å². The fourth-order valence-electron chi connectivity index (χ4n) is 2.72. The smallest absolute Gasteiger partial charge is 0.396 e. The zero-order chi connectivity index (χ0) is 15.5. The Morgan fingerprint density at radius 3 is 2.48 bits per heavy atom. The Balaban J connectivity index is 2.39. The third-order valence-corrected chi connectivity index (χ3v) is 3.67. The molecule has 2 N–H and O–H groups in total. The minimum atomic E-state index is -4.61. The second kappa shape index (κ2) is 6.72. The fourth-order valence-corrected chi connectivity index (χ4v) is 2.72. The molecule has 3 nitrogen and oxygen atoms in total. The molecular formula is C14H18F4N2O. The predicted octanol–water partition coefficient (Wildman–Crippen LogP) is 2.17. The van der Waals surface area contributed by atoms with Crippen molar-refractivity contribution in [3.63, 3.8) is 0 Å². The van der Waals surface area contributed by atoms with Gasteiger partial charge in [0.25, 0.3) is 0 Å². The van der Waals surface area contributed by atoms with Crippen molar-refractivity contribution in [3.8, 4) is 0 Å². The average Bonchev–Trinajstić information content (AvgIpc) is 2.45. The number of rotatable bonds is 4.